The van der Waals surface area contributed by atoms with Gasteiger partial charge in [-0.1, -0.05) is 43.4 Å². The number of amides is 3. The van der Waals surface area contributed by atoms with Crippen molar-refractivity contribution in [3.8, 4) is 0 Å². The third kappa shape index (κ3) is 8.48. The molecule has 1 aromatic carbocycles. The normalized spacial score (nSPS) is 17.1. The molecule has 2 aromatic rings. The maximum Gasteiger partial charge on any atom is 0.324 e. The van der Waals surface area contributed by atoms with Crippen LogP contribution < -0.4 is 16.4 Å². The molecule has 0 unspecified atom stereocenters. The lowest BCUT2D eigenvalue weighted by Crippen LogP contribution is -2.42. The van der Waals surface area contributed by atoms with Crippen molar-refractivity contribution < 1.29 is 19.1 Å². The number of aromatic nitrogens is 1. The molecule has 5 rings (SSSR count). The van der Waals surface area contributed by atoms with E-state index in [0.717, 1.165) is 56.0 Å². The lowest BCUT2D eigenvalue weighted by molar-refractivity contribution is 0.102. The molecule has 0 atom stereocenters. The number of nitrogens with two attached hydrogens (primary N) is 1. The van der Waals surface area contributed by atoms with E-state index in [1.807, 2.05) is 18.2 Å². The number of para-hydroxylation sites is 2. The molecule has 3 aliphatic rings. The van der Waals surface area contributed by atoms with Crippen LogP contribution in [0.1, 0.15) is 55.1 Å². The van der Waals surface area contributed by atoms with Crippen LogP contribution in [0.25, 0.3) is 0 Å². The summed E-state index contributed by atoms with van der Waals surface area (Å²) >= 11 is 0. The molecule has 226 valence electrons. The van der Waals surface area contributed by atoms with Crippen molar-refractivity contribution in [2.24, 2.45) is 5.92 Å². The Balaban J connectivity index is 1.22. The van der Waals surface area contributed by atoms with Gasteiger partial charge in [-0.25, -0.2) is 4.79 Å². The highest BCUT2D eigenvalue weighted by Crippen LogP contribution is 2.25. The molecule has 3 amide bonds. The Morgan fingerprint density at radius 2 is 1.95 bits per heavy atom. The predicted molar refractivity (Wildman–Crippen MR) is 166 cm³/mol. The summed E-state index contributed by atoms with van der Waals surface area (Å²) in [7, 11) is 0. The van der Waals surface area contributed by atoms with Gasteiger partial charge in [-0.15, -0.1) is 0 Å². The SMILES string of the molecule is CC1CCN(CCCN(Cc2ccc(C(=O)Nc3ccccc3N)nc2)C(=O)NC2=COC=C(C3=CC=CCC3)O2)CC1. The number of benzene rings is 1. The van der Waals surface area contributed by atoms with Crippen LogP contribution in [0.2, 0.25) is 0 Å². The minimum absolute atomic E-state index is 0.235. The number of piperidine rings is 1. The fourth-order valence-corrected chi connectivity index (χ4v) is 5.21. The maximum atomic E-state index is 13.5. The highest BCUT2D eigenvalue weighted by molar-refractivity contribution is 6.04. The van der Waals surface area contributed by atoms with Gasteiger partial charge < -0.3 is 30.3 Å². The molecule has 10 heteroatoms. The van der Waals surface area contributed by atoms with Crippen LogP contribution in [0.4, 0.5) is 16.2 Å². The average Bonchev–Trinajstić information content (AvgIpc) is 3.03. The van der Waals surface area contributed by atoms with Gasteiger partial charge in [0.05, 0.1) is 11.4 Å². The molecule has 1 aromatic heterocycles. The number of nitrogens with one attached hydrogen (secondary N) is 2. The smallest absolute Gasteiger partial charge is 0.324 e. The average molecular weight is 585 g/mol. The molecule has 3 heterocycles. The summed E-state index contributed by atoms with van der Waals surface area (Å²) < 4.78 is 11.5. The van der Waals surface area contributed by atoms with E-state index in [1.54, 1.807) is 47.7 Å². The van der Waals surface area contributed by atoms with E-state index in [0.29, 0.717) is 30.2 Å². The zero-order valence-corrected chi connectivity index (χ0v) is 24.6. The first-order chi connectivity index (χ1) is 20.9. The summed E-state index contributed by atoms with van der Waals surface area (Å²) in [5.41, 5.74) is 9.02. The molecular weight excluding hydrogens is 544 g/mol. The Kier molecular flexibility index (Phi) is 10.1. The zero-order valence-electron chi connectivity index (χ0n) is 24.6. The van der Waals surface area contributed by atoms with Gasteiger partial charge in [0.15, 0.2) is 12.0 Å². The fourth-order valence-electron chi connectivity index (χ4n) is 5.21. The number of rotatable bonds is 10. The van der Waals surface area contributed by atoms with Crippen molar-refractivity contribution in [3.63, 3.8) is 0 Å². The van der Waals surface area contributed by atoms with Crippen LogP contribution in [0.3, 0.4) is 0 Å². The van der Waals surface area contributed by atoms with Crippen LogP contribution in [0.15, 0.2) is 90.6 Å². The third-order valence-electron chi connectivity index (χ3n) is 7.84. The summed E-state index contributed by atoms with van der Waals surface area (Å²) in [6.07, 6.45) is 15.7. The Morgan fingerprint density at radius 3 is 2.70 bits per heavy atom. The van der Waals surface area contributed by atoms with E-state index in [1.165, 1.54) is 19.1 Å². The summed E-state index contributed by atoms with van der Waals surface area (Å²) in [5, 5.41) is 5.66. The van der Waals surface area contributed by atoms with Gasteiger partial charge in [0.25, 0.3) is 5.91 Å². The molecule has 1 aliphatic carbocycles. The second-order valence-corrected chi connectivity index (χ2v) is 11.2. The molecule has 43 heavy (non-hydrogen) atoms. The molecule has 0 saturated carbocycles. The van der Waals surface area contributed by atoms with E-state index in [4.69, 9.17) is 15.2 Å². The predicted octanol–water partition coefficient (Wildman–Crippen LogP) is 5.51. The summed E-state index contributed by atoms with van der Waals surface area (Å²) in [5.74, 6) is 1.23. The first-order valence-corrected chi connectivity index (χ1v) is 14.9. The minimum Gasteiger partial charge on any atom is -0.463 e. The molecule has 0 bridgehead atoms. The lowest BCUT2D eigenvalue weighted by atomic mass is 9.99. The first kappa shape index (κ1) is 29.9. The third-order valence-corrected chi connectivity index (χ3v) is 7.84. The van der Waals surface area contributed by atoms with E-state index < -0.39 is 0 Å². The van der Waals surface area contributed by atoms with Crippen LogP contribution in [-0.4, -0.2) is 52.9 Å². The largest absolute Gasteiger partial charge is 0.463 e. The first-order valence-electron chi connectivity index (χ1n) is 14.9. The van der Waals surface area contributed by atoms with Gasteiger partial charge in [-0.3, -0.25) is 15.1 Å². The molecular formula is C33H40N6O4. The molecule has 10 nitrogen and oxygen atoms in total. The Morgan fingerprint density at radius 1 is 1.12 bits per heavy atom. The number of pyridine rings is 1. The molecule has 0 radical (unpaired) electrons. The van der Waals surface area contributed by atoms with Crippen molar-refractivity contribution in [1.29, 1.82) is 0 Å². The van der Waals surface area contributed by atoms with Crippen LogP contribution in [0.5, 0.6) is 0 Å². The number of allylic oxidation sites excluding steroid dienone is 4. The highest BCUT2D eigenvalue weighted by Gasteiger charge is 2.22. The number of hydrogen-bond acceptors (Lipinski definition) is 7. The highest BCUT2D eigenvalue weighted by atomic mass is 16.6. The van der Waals surface area contributed by atoms with Gasteiger partial charge in [0, 0.05) is 19.3 Å². The van der Waals surface area contributed by atoms with Crippen molar-refractivity contribution in [3.05, 3.63) is 102 Å². The number of nitrogens with zero attached hydrogens (tertiary/aromatic N) is 3. The van der Waals surface area contributed by atoms with Gasteiger partial charge >= 0.3 is 6.03 Å². The second kappa shape index (κ2) is 14.6. The number of carbonyl (C=O) groups is 2. The Hall–Kier alpha value is -4.57. The fraction of sp³-hybridized carbons (Fsp3) is 0.364. The van der Waals surface area contributed by atoms with Crippen LogP contribution in [0, 0.1) is 5.92 Å². The van der Waals surface area contributed by atoms with E-state index >= 15 is 0 Å². The number of carbonyl (C=O) groups excluding carboxylic acids is 2. The van der Waals surface area contributed by atoms with E-state index in [2.05, 4.69) is 33.5 Å². The molecule has 0 spiro atoms. The van der Waals surface area contributed by atoms with Crippen molar-refractivity contribution in [1.82, 2.24) is 20.1 Å². The minimum atomic E-state index is -0.358. The zero-order chi connectivity index (χ0) is 30.0. The number of urea groups is 1. The Labute approximate surface area is 252 Å². The van der Waals surface area contributed by atoms with Crippen molar-refractivity contribution in [2.45, 2.75) is 45.6 Å². The van der Waals surface area contributed by atoms with Gasteiger partial charge in [-0.05, 0) is 87.0 Å². The Bertz CT molecular complexity index is 1410. The van der Waals surface area contributed by atoms with E-state index in [-0.39, 0.29) is 23.5 Å². The molecule has 2 aliphatic heterocycles. The quantitative estimate of drug-likeness (QED) is 0.315. The topological polar surface area (TPSA) is 122 Å². The maximum absolute atomic E-state index is 13.5. The van der Waals surface area contributed by atoms with Gasteiger partial charge in [-0.2, -0.15) is 0 Å². The van der Waals surface area contributed by atoms with Crippen LogP contribution >= 0.6 is 0 Å². The monoisotopic (exact) mass is 584 g/mol. The van der Waals surface area contributed by atoms with Crippen LogP contribution in [-0.2, 0) is 16.0 Å². The summed E-state index contributed by atoms with van der Waals surface area (Å²) in [6.45, 7) is 6.27. The number of ether oxygens (including phenoxy) is 2. The summed E-state index contributed by atoms with van der Waals surface area (Å²) in [4.78, 5) is 34.8. The van der Waals surface area contributed by atoms with Gasteiger partial charge in [0.2, 0.25) is 5.88 Å². The number of nitrogen functional groups attached to an aromatic ring is 1. The second-order valence-electron chi connectivity index (χ2n) is 11.2. The molecule has 1 fully saturated rings. The van der Waals surface area contributed by atoms with Crippen molar-refractivity contribution in [2.75, 3.05) is 37.2 Å². The lowest BCUT2D eigenvalue weighted by Gasteiger charge is -2.31. The molecule has 1 saturated heterocycles. The van der Waals surface area contributed by atoms with E-state index in [9.17, 15) is 9.59 Å². The number of hydrogen-bond donors (Lipinski definition) is 3. The number of likely N-dealkylation sites (tertiary alicyclic amines) is 1. The summed E-state index contributed by atoms with van der Waals surface area (Å²) in [6, 6.07) is 10.2. The molecule has 4 N–H and O–H groups in total. The standard InChI is InChI=1S/C33H40N6O4/c1-24-14-18-38(19-15-24)16-7-17-39(33(41)37-31-23-42-22-30(43-31)26-8-3-2-4-9-26)21-25-12-13-29(35-20-25)32(40)36-28-11-6-5-10-27(28)34/h2-3,5-6,8,10-13,20,22-24H,4,7,9,14-19,21,34H2,1H3,(H,36,40)(H,37,41). The number of anilines is 2. The van der Waals surface area contributed by atoms with Gasteiger partial charge in [0.1, 0.15) is 12.0 Å². The van der Waals surface area contributed by atoms with Crippen molar-refractivity contribution >= 4 is 23.3 Å².